The van der Waals surface area contributed by atoms with Crippen molar-refractivity contribution in [3.63, 3.8) is 0 Å². The number of carbonyl (C=O) groups excluding carboxylic acids is 1. The van der Waals surface area contributed by atoms with Gasteiger partial charge in [-0.05, 0) is 44.4 Å². The molecule has 0 spiro atoms. The van der Waals surface area contributed by atoms with Gasteiger partial charge in [-0.25, -0.2) is 9.97 Å². The molecule has 0 unspecified atom stereocenters. The molecule has 0 bridgehead atoms. The first-order chi connectivity index (χ1) is 15.0. The number of thiazole rings is 1. The molecule has 0 aliphatic carbocycles. The van der Waals surface area contributed by atoms with E-state index >= 15 is 0 Å². The molecule has 0 saturated heterocycles. The zero-order chi connectivity index (χ0) is 21.5. The average molecular weight is 451 g/mol. The SMILES string of the molecule is Cc1csc(N(C(=O)c2sc3nc4n(c(=O)c3c2C)CCCCC4)c2ccccc2)n1. The van der Waals surface area contributed by atoms with Gasteiger partial charge in [0.25, 0.3) is 11.5 Å². The number of nitrogens with zero attached hydrogens (tertiary/aromatic N) is 4. The lowest BCUT2D eigenvalue weighted by molar-refractivity contribution is 0.100. The van der Waals surface area contributed by atoms with Crippen molar-refractivity contribution in [2.45, 2.75) is 46.1 Å². The Labute approximate surface area is 187 Å². The Morgan fingerprint density at radius 1 is 1.10 bits per heavy atom. The number of carbonyl (C=O) groups is 1. The topological polar surface area (TPSA) is 68.1 Å². The molecule has 6 nitrogen and oxygen atoms in total. The van der Waals surface area contributed by atoms with Crippen LogP contribution in [0.1, 0.15) is 46.0 Å². The minimum absolute atomic E-state index is 0.0222. The maximum atomic E-state index is 13.8. The van der Waals surface area contributed by atoms with Crippen LogP contribution in [0.5, 0.6) is 0 Å². The molecule has 0 fully saturated rings. The summed E-state index contributed by atoms with van der Waals surface area (Å²) in [6, 6.07) is 9.51. The zero-order valence-corrected chi connectivity index (χ0v) is 19.1. The molecule has 1 aromatic carbocycles. The van der Waals surface area contributed by atoms with Crippen LogP contribution < -0.4 is 10.5 Å². The van der Waals surface area contributed by atoms with Crippen LogP contribution in [0.2, 0.25) is 0 Å². The smallest absolute Gasteiger partial charge is 0.275 e. The highest BCUT2D eigenvalue weighted by Crippen LogP contribution is 2.35. The number of benzene rings is 1. The Morgan fingerprint density at radius 3 is 2.65 bits per heavy atom. The molecule has 1 amide bonds. The minimum atomic E-state index is -0.180. The van der Waals surface area contributed by atoms with Crippen LogP contribution in [0.4, 0.5) is 10.8 Å². The van der Waals surface area contributed by atoms with E-state index in [4.69, 9.17) is 4.98 Å². The van der Waals surface area contributed by atoms with Crippen LogP contribution in [0.15, 0.2) is 40.5 Å². The Kier molecular flexibility index (Phi) is 5.19. The predicted molar refractivity (Wildman–Crippen MR) is 126 cm³/mol. The van der Waals surface area contributed by atoms with Gasteiger partial charge in [0.15, 0.2) is 5.13 Å². The van der Waals surface area contributed by atoms with E-state index < -0.39 is 0 Å². The highest BCUT2D eigenvalue weighted by Gasteiger charge is 2.28. The van der Waals surface area contributed by atoms with Crippen molar-refractivity contribution in [2.75, 3.05) is 4.90 Å². The normalized spacial score (nSPS) is 13.7. The quantitative estimate of drug-likeness (QED) is 0.428. The van der Waals surface area contributed by atoms with Gasteiger partial charge in [-0.15, -0.1) is 22.7 Å². The second-order valence-electron chi connectivity index (χ2n) is 7.78. The van der Waals surface area contributed by atoms with Gasteiger partial charge in [0.1, 0.15) is 10.7 Å². The van der Waals surface area contributed by atoms with Gasteiger partial charge in [0.2, 0.25) is 0 Å². The van der Waals surface area contributed by atoms with E-state index in [1.54, 1.807) is 4.90 Å². The van der Waals surface area contributed by atoms with Crippen LogP contribution in [-0.4, -0.2) is 20.4 Å². The van der Waals surface area contributed by atoms with Crippen LogP contribution in [0.25, 0.3) is 10.2 Å². The Bertz CT molecular complexity index is 1340. The Hall–Kier alpha value is -2.84. The summed E-state index contributed by atoms with van der Waals surface area (Å²) in [6.07, 6.45) is 3.94. The summed E-state index contributed by atoms with van der Waals surface area (Å²) in [4.78, 5) is 39.3. The number of amides is 1. The van der Waals surface area contributed by atoms with Gasteiger partial charge in [0, 0.05) is 18.3 Å². The van der Waals surface area contributed by atoms with Gasteiger partial charge in [-0.1, -0.05) is 24.6 Å². The maximum Gasteiger partial charge on any atom is 0.275 e. The van der Waals surface area contributed by atoms with E-state index in [-0.39, 0.29) is 11.5 Å². The second kappa shape index (κ2) is 8.01. The number of rotatable bonds is 3. The van der Waals surface area contributed by atoms with Crippen LogP contribution in [0, 0.1) is 13.8 Å². The zero-order valence-electron chi connectivity index (χ0n) is 17.4. The minimum Gasteiger partial charge on any atom is -0.296 e. The van der Waals surface area contributed by atoms with Crippen LogP contribution >= 0.6 is 22.7 Å². The lowest BCUT2D eigenvalue weighted by Crippen LogP contribution is -2.26. The number of hydrogen-bond donors (Lipinski definition) is 0. The fourth-order valence-electron chi connectivity index (χ4n) is 4.05. The number of aryl methyl sites for hydroxylation is 3. The van der Waals surface area contributed by atoms with Crippen LogP contribution in [0.3, 0.4) is 0 Å². The molecule has 1 aliphatic rings. The summed E-state index contributed by atoms with van der Waals surface area (Å²) in [7, 11) is 0. The molecule has 4 heterocycles. The average Bonchev–Trinajstić information content (AvgIpc) is 3.23. The lowest BCUT2D eigenvalue weighted by Gasteiger charge is -2.19. The fraction of sp³-hybridized carbons (Fsp3) is 0.304. The van der Waals surface area contributed by atoms with Crippen molar-refractivity contribution in [1.29, 1.82) is 0 Å². The summed E-state index contributed by atoms with van der Waals surface area (Å²) >= 11 is 2.74. The van der Waals surface area contributed by atoms with Gasteiger partial charge >= 0.3 is 0 Å². The standard InChI is InChI=1S/C23H22N4O2S2/c1-14-13-30-23(24-14)27(16-9-5-3-6-10-16)22(29)19-15(2)18-20(31-19)25-17-11-7-4-8-12-26(17)21(18)28/h3,5-6,9-10,13H,4,7-8,11-12H2,1-2H3. The first kappa shape index (κ1) is 20.1. The summed E-state index contributed by atoms with van der Waals surface area (Å²) in [6.45, 7) is 4.47. The van der Waals surface area contributed by atoms with Crippen molar-refractivity contribution in [3.8, 4) is 0 Å². The molecule has 3 aromatic heterocycles. The lowest BCUT2D eigenvalue weighted by atomic mass is 10.2. The fourth-order valence-corrected chi connectivity index (χ4v) is 5.99. The molecule has 0 N–H and O–H groups in total. The van der Waals surface area contributed by atoms with E-state index in [9.17, 15) is 9.59 Å². The van der Waals surface area contributed by atoms with Gasteiger partial charge < -0.3 is 0 Å². The molecule has 1 aliphatic heterocycles. The summed E-state index contributed by atoms with van der Waals surface area (Å²) in [5.74, 6) is 0.659. The third kappa shape index (κ3) is 3.49. The molecule has 0 saturated carbocycles. The van der Waals surface area contributed by atoms with Crippen molar-refractivity contribution in [1.82, 2.24) is 14.5 Å². The number of hydrogen-bond acceptors (Lipinski definition) is 6. The third-order valence-electron chi connectivity index (χ3n) is 5.62. The van der Waals surface area contributed by atoms with E-state index in [0.29, 0.717) is 32.3 Å². The first-order valence-electron chi connectivity index (χ1n) is 10.4. The van der Waals surface area contributed by atoms with E-state index in [0.717, 1.165) is 42.9 Å². The van der Waals surface area contributed by atoms with Gasteiger partial charge in [-0.3, -0.25) is 19.1 Å². The summed E-state index contributed by atoms with van der Waals surface area (Å²) in [5.41, 5.74) is 2.30. The van der Waals surface area contributed by atoms with Crippen molar-refractivity contribution < 1.29 is 4.79 Å². The molecular weight excluding hydrogens is 428 g/mol. The molecule has 0 radical (unpaired) electrons. The number of aromatic nitrogens is 3. The van der Waals surface area contributed by atoms with Crippen molar-refractivity contribution in [2.24, 2.45) is 0 Å². The van der Waals surface area contributed by atoms with Gasteiger partial charge in [-0.2, -0.15) is 0 Å². The maximum absolute atomic E-state index is 13.8. The van der Waals surface area contributed by atoms with Crippen LogP contribution in [-0.2, 0) is 13.0 Å². The number of para-hydroxylation sites is 1. The molecule has 158 valence electrons. The summed E-state index contributed by atoms with van der Waals surface area (Å²) in [5, 5.41) is 3.12. The predicted octanol–water partition coefficient (Wildman–Crippen LogP) is 5.24. The highest BCUT2D eigenvalue weighted by atomic mass is 32.1. The molecule has 8 heteroatoms. The molecule has 0 atom stereocenters. The van der Waals surface area contributed by atoms with Gasteiger partial charge in [0.05, 0.1) is 21.6 Å². The molecular formula is C23H22N4O2S2. The monoisotopic (exact) mass is 450 g/mol. The Balaban J connectivity index is 1.67. The molecule has 4 aromatic rings. The van der Waals surface area contributed by atoms with E-state index in [1.165, 1.54) is 22.7 Å². The second-order valence-corrected chi connectivity index (χ2v) is 9.62. The number of anilines is 2. The van der Waals surface area contributed by atoms with Crippen molar-refractivity contribution in [3.05, 3.63) is 68.0 Å². The van der Waals surface area contributed by atoms with Crippen molar-refractivity contribution >= 4 is 49.6 Å². The largest absolute Gasteiger partial charge is 0.296 e. The number of thiophene rings is 1. The van der Waals surface area contributed by atoms with E-state index in [2.05, 4.69) is 4.98 Å². The molecule has 5 rings (SSSR count). The summed E-state index contributed by atoms with van der Waals surface area (Å²) < 4.78 is 1.81. The highest BCUT2D eigenvalue weighted by molar-refractivity contribution is 7.21. The molecule has 31 heavy (non-hydrogen) atoms. The van der Waals surface area contributed by atoms with E-state index in [1.807, 2.05) is 54.1 Å². The first-order valence-corrected chi connectivity index (χ1v) is 12.1. The Morgan fingerprint density at radius 2 is 1.90 bits per heavy atom. The third-order valence-corrected chi connectivity index (χ3v) is 7.74. The number of fused-ring (bicyclic) bond motifs is 2.